The van der Waals surface area contributed by atoms with Crippen LogP contribution in [0.4, 0.5) is 0 Å². The molecule has 3 saturated carbocycles. The van der Waals surface area contributed by atoms with Gasteiger partial charge >= 0.3 is 0 Å². The minimum Gasteiger partial charge on any atom is -0.391 e. The number of carbonyl (C=O) groups excluding carboxylic acids is 1. The molecule has 3 N–H and O–H groups in total. The molecule has 3 fully saturated rings. The Balaban J connectivity index is 1.52. The monoisotopic (exact) mass is 403 g/mol. The fourth-order valence-corrected chi connectivity index (χ4v) is 6.55. The van der Waals surface area contributed by atoms with Crippen molar-refractivity contribution in [3.8, 4) is 0 Å². The van der Waals surface area contributed by atoms with Crippen LogP contribution in [0.3, 0.4) is 0 Å². The van der Waals surface area contributed by atoms with Crippen LogP contribution in [0.15, 0.2) is 4.99 Å². The van der Waals surface area contributed by atoms with E-state index in [2.05, 4.69) is 0 Å². The number of amides is 1. The fraction of sp³-hybridized carbons (Fsp3) is 0.917. The fourth-order valence-electron chi connectivity index (χ4n) is 6.55. The highest BCUT2D eigenvalue weighted by Gasteiger charge is 2.51. The van der Waals surface area contributed by atoms with E-state index in [0.29, 0.717) is 11.9 Å². The highest BCUT2D eigenvalue weighted by molar-refractivity contribution is 6.07. The lowest BCUT2D eigenvalue weighted by Crippen LogP contribution is -2.54. The van der Waals surface area contributed by atoms with E-state index >= 15 is 0 Å². The molecule has 0 aromatic heterocycles. The van der Waals surface area contributed by atoms with Crippen molar-refractivity contribution in [2.45, 2.75) is 127 Å². The second-order valence-corrected chi connectivity index (χ2v) is 10.3. The molecule has 4 aliphatic rings. The van der Waals surface area contributed by atoms with Gasteiger partial charge in [0.25, 0.3) is 5.91 Å². The summed E-state index contributed by atoms with van der Waals surface area (Å²) in [6.07, 6.45) is 19.0. The standard InChI is InChI=1S/C24H41N3O2/c25-23-26-24(17-19-11-5-2-6-12-19,16-15-18-9-3-1-4-10-18)22(29)27(23)20-13-7-8-14-21(20)28/h18-21,28H,1-17H2,(H2,25,26)/t20-,21+,24?/m1/s1. The Morgan fingerprint density at radius 3 is 2.14 bits per heavy atom. The van der Waals surface area contributed by atoms with Crippen molar-refractivity contribution in [1.82, 2.24) is 4.90 Å². The Labute approximate surface area is 176 Å². The van der Waals surface area contributed by atoms with Gasteiger partial charge in [-0.05, 0) is 43.9 Å². The maximum atomic E-state index is 13.8. The summed E-state index contributed by atoms with van der Waals surface area (Å²) in [4.78, 5) is 20.5. The molecule has 1 heterocycles. The van der Waals surface area contributed by atoms with Gasteiger partial charge in [0.2, 0.25) is 0 Å². The maximum Gasteiger partial charge on any atom is 0.257 e. The van der Waals surface area contributed by atoms with Crippen LogP contribution in [0.1, 0.15) is 109 Å². The van der Waals surface area contributed by atoms with Gasteiger partial charge in [-0.25, -0.2) is 4.99 Å². The molecule has 1 aliphatic heterocycles. The minimum absolute atomic E-state index is 0.0994. The smallest absolute Gasteiger partial charge is 0.257 e. The molecule has 0 aromatic carbocycles. The topological polar surface area (TPSA) is 78.9 Å². The quantitative estimate of drug-likeness (QED) is 0.684. The molecular formula is C24H41N3O2. The molecular weight excluding hydrogens is 362 g/mol. The normalized spacial score (nSPS) is 35.1. The largest absolute Gasteiger partial charge is 0.391 e. The third-order valence-electron chi connectivity index (χ3n) is 8.26. The van der Waals surface area contributed by atoms with Crippen molar-refractivity contribution in [3.05, 3.63) is 0 Å². The van der Waals surface area contributed by atoms with E-state index < -0.39 is 11.6 Å². The first kappa shape index (κ1) is 21.1. The first-order valence-corrected chi connectivity index (χ1v) is 12.5. The first-order valence-electron chi connectivity index (χ1n) is 12.5. The first-order chi connectivity index (χ1) is 14.1. The van der Waals surface area contributed by atoms with Crippen molar-refractivity contribution >= 4 is 11.9 Å². The van der Waals surface area contributed by atoms with Gasteiger partial charge in [-0.15, -0.1) is 0 Å². The second kappa shape index (κ2) is 9.36. The summed E-state index contributed by atoms with van der Waals surface area (Å²) in [5.41, 5.74) is 5.73. The summed E-state index contributed by atoms with van der Waals surface area (Å²) in [6, 6.07) is -0.178. The highest BCUT2D eigenvalue weighted by Crippen LogP contribution is 2.42. The third kappa shape index (κ3) is 4.65. The van der Waals surface area contributed by atoms with E-state index in [1.165, 1.54) is 64.2 Å². The molecule has 3 aliphatic carbocycles. The number of carbonyl (C=O) groups is 1. The van der Waals surface area contributed by atoms with Crippen LogP contribution in [0, 0.1) is 11.8 Å². The van der Waals surface area contributed by atoms with Crippen LogP contribution in [0.25, 0.3) is 0 Å². The van der Waals surface area contributed by atoms with E-state index in [1.807, 2.05) is 0 Å². The van der Waals surface area contributed by atoms with Crippen molar-refractivity contribution in [3.63, 3.8) is 0 Å². The Kier molecular flexibility index (Phi) is 6.83. The van der Waals surface area contributed by atoms with Gasteiger partial charge in [0, 0.05) is 0 Å². The number of hydrogen-bond donors (Lipinski definition) is 2. The zero-order valence-corrected chi connectivity index (χ0v) is 18.2. The zero-order chi connectivity index (χ0) is 20.3. The summed E-state index contributed by atoms with van der Waals surface area (Å²) >= 11 is 0. The number of nitrogens with zero attached hydrogens (tertiary/aromatic N) is 2. The van der Waals surface area contributed by atoms with Gasteiger partial charge in [-0.2, -0.15) is 0 Å². The SMILES string of the molecule is NC1=NC(CCC2CCCCC2)(CC2CCCCC2)C(=O)N1[C@@H]1CCCC[C@@H]1O. The molecule has 1 amide bonds. The average molecular weight is 404 g/mol. The molecule has 0 bridgehead atoms. The molecule has 29 heavy (non-hydrogen) atoms. The summed E-state index contributed by atoms with van der Waals surface area (Å²) in [5, 5.41) is 10.6. The lowest BCUT2D eigenvalue weighted by molar-refractivity contribution is -0.136. The van der Waals surface area contributed by atoms with Gasteiger partial charge in [0.15, 0.2) is 5.96 Å². The van der Waals surface area contributed by atoms with E-state index in [4.69, 9.17) is 10.7 Å². The third-order valence-corrected chi connectivity index (χ3v) is 8.26. The van der Waals surface area contributed by atoms with E-state index in [0.717, 1.165) is 50.9 Å². The van der Waals surface area contributed by atoms with Gasteiger partial charge in [0.05, 0.1) is 12.1 Å². The van der Waals surface area contributed by atoms with Crippen LogP contribution in [-0.2, 0) is 4.79 Å². The van der Waals surface area contributed by atoms with Gasteiger partial charge in [-0.1, -0.05) is 77.0 Å². The van der Waals surface area contributed by atoms with Crippen LogP contribution in [-0.4, -0.2) is 39.6 Å². The molecule has 0 radical (unpaired) electrons. The summed E-state index contributed by atoms with van der Waals surface area (Å²) in [7, 11) is 0. The van der Waals surface area contributed by atoms with Crippen molar-refractivity contribution in [2.24, 2.45) is 22.6 Å². The van der Waals surface area contributed by atoms with Gasteiger partial charge < -0.3 is 10.8 Å². The molecule has 3 atom stereocenters. The van der Waals surface area contributed by atoms with Crippen molar-refractivity contribution in [2.75, 3.05) is 0 Å². The van der Waals surface area contributed by atoms with E-state index in [-0.39, 0.29) is 11.9 Å². The van der Waals surface area contributed by atoms with Crippen LogP contribution in [0.2, 0.25) is 0 Å². The summed E-state index contributed by atoms with van der Waals surface area (Å²) in [5.74, 6) is 1.81. The van der Waals surface area contributed by atoms with E-state index in [1.54, 1.807) is 4.90 Å². The lowest BCUT2D eigenvalue weighted by atomic mass is 9.75. The number of aliphatic imine (C=N–C) groups is 1. The molecule has 0 saturated heterocycles. The second-order valence-electron chi connectivity index (χ2n) is 10.3. The van der Waals surface area contributed by atoms with Crippen LogP contribution < -0.4 is 5.73 Å². The van der Waals surface area contributed by atoms with Crippen molar-refractivity contribution in [1.29, 1.82) is 0 Å². The lowest BCUT2D eigenvalue weighted by Gasteiger charge is -2.37. The molecule has 0 aromatic rings. The summed E-state index contributed by atoms with van der Waals surface area (Å²) in [6.45, 7) is 0. The highest BCUT2D eigenvalue weighted by atomic mass is 16.3. The Bertz CT molecular complexity index is 595. The average Bonchev–Trinajstić information content (AvgIpc) is 2.98. The maximum absolute atomic E-state index is 13.8. The van der Waals surface area contributed by atoms with Crippen molar-refractivity contribution < 1.29 is 9.90 Å². The molecule has 4 rings (SSSR count). The molecule has 1 unspecified atom stereocenters. The molecule has 5 heteroatoms. The predicted octanol–water partition coefficient (Wildman–Crippen LogP) is 4.52. The minimum atomic E-state index is -0.666. The molecule has 164 valence electrons. The number of aliphatic hydroxyl groups is 1. The number of rotatable bonds is 6. The molecule has 5 nitrogen and oxygen atoms in total. The number of aliphatic hydroxyl groups excluding tert-OH is 1. The van der Waals surface area contributed by atoms with Crippen LogP contribution in [0.5, 0.6) is 0 Å². The number of guanidine groups is 1. The van der Waals surface area contributed by atoms with Gasteiger partial charge in [-0.3, -0.25) is 9.69 Å². The number of nitrogens with two attached hydrogens (primary N) is 1. The Morgan fingerprint density at radius 2 is 1.48 bits per heavy atom. The van der Waals surface area contributed by atoms with Gasteiger partial charge in [0.1, 0.15) is 5.54 Å². The predicted molar refractivity (Wildman–Crippen MR) is 116 cm³/mol. The number of hydrogen-bond acceptors (Lipinski definition) is 4. The van der Waals surface area contributed by atoms with Crippen LogP contribution >= 0.6 is 0 Å². The Morgan fingerprint density at radius 1 is 0.897 bits per heavy atom. The molecule has 0 spiro atoms. The van der Waals surface area contributed by atoms with E-state index in [9.17, 15) is 9.90 Å². The Hall–Kier alpha value is -1.10. The summed E-state index contributed by atoms with van der Waals surface area (Å²) < 4.78 is 0. The zero-order valence-electron chi connectivity index (χ0n) is 18.2.